The van der Waals surface area contributed by atoms with Crippen molar-refractivity contribution in [3.63, 3.8) is 0 Å². The van der Waals surface area contributed by atoms with Gasteiger partial charge in [0.05, 0.1) is 42.5 Å². The molecule has 2 N–H and O–H groups in total. The van der Waals surface area contributed by atoms with Gasteiger partial charge in [-0.15, -0.1) is 0 Å². The van der Waals surface area contributed by atoms with Crippen LogP contribution in [0.3, 0.4) is 0 Å². The molecular formula is C51H103NO5. The van der Waals surface area contributed by atoms with Crippen molar-refractivity contribution >= 4 is 0 Å². The first kappa shape index (κ1) is 66.1. The van der Waals surface area contributed by atoms with Gasteiger partial charge < -0.3 is 29.3 Å². The summed E-state index contributed by atoms with van der Waals surface area (Å²) >= 11 is 0. The quantitative estimate of drug-likeness (QED) is 0.134. The van der Waals surface area contributed by atoms with Crippen LogP contribution in [0.1, 0.15) is 184 Å². The van der Waals surface area contributed by atoms with Crippen LogP contribution in [0, 0.1) is 39.4 Å². The fraction of sp³-hybridized carbons (Fsp3) is 0.765. The Kier molecular flexibility index (Phi) is 37.2. The Morgan fingerprint density at radius 2 is 0.877 bits per heavy atom. The van der Waals surface area contributed by atoms with E-state index >= 15 is 0 Å². The van der Waals surface area contributed by atoms with Crippen LogP contribution in [0.25, 0.3) is 0 Å². The highest BCUT2D eigenvalue weighted by Gasteiger charge is 2.25. The van der Waals surface area contributed by atoms with Crippen molar-refractivity contribution < 1.29 is 24.4 Å². The molecule has 0 saturated carbocycles. The molecule has 2 unspecified atom stereocenters. The van der Waals surface area contributed by atoms with E-state index in [9.17, 15) is 0 Å². The Labute approximate surface area is 359 Å². The van der Waals surface area contributed by atoms with Gasteiger partial charge in [-0.05, 0) is 71.1 Å². The van der Waals surface area contributed by atoms with Crippen LogP contribution in [0.5, 0.6) is 0 Å². The second kappa shape index (κ2) is 32.1. The smallest absolute Gasteiger partial charge is 0.100 e. The Balaban J connectivity index is -0.000000138. The van der Waals surface area contributed by atoms with Crippen molar-refractivity contribution in [1.82, 2.24) is 4.90 Å². The summed E-state index contributed by atoms with van der Waals surface area (Å²) in [7, 11) is 5.74. The number of nitrogens with zero attached hydrogens (tertiary/aromatic N) is 1. The molecule has 0 rings (SSSR count). The number of methoxy groups -OCH3 is 1. The molecule has 0 radical (unpaired) electrons. The highest BCUT2D eigenvalue weighted by atomic mass is 16.5. The first-order valence-electron chi connectivity index (χ1n) is 21.5. The van der Waals surface area contributed by atoms with Gasteiger partial charge in [-0.3, -0.25) is 0 Å². The van der Waals surface area contributed by atoms with Crippen LogP contribution in [-0.2, 0) is 14.2 Å². The van der Waals surface area contributed by atoms with Gasteiger partial charge in [0, 0.05) is 47.4 Å². The van der Waals surface area contributed by atoms with E-state index in [-0.39, 0.29) is 38.9 Å². The summed E-state index contributed by atoms with van der Waals surface area (Å²) in [6.45, 7) is 67.3. The number of aliphatic hydroxyl groups is 2. The van der Waals surface area contributed by atoms with Crippen molar-refractivity contribution in [3.8, 4) is 0 Å². The number of ether oxygens (including phenoxy) is 3. The van der Waals surface area contributed by atoms with Crippen LogP contribution in [0.4, 0.5) is 0 Å². The summed E-state index contributed by atoms with van der Waals surface area (Å²) in [4.78, 5) is 2.08. The zero-order chi connectivity index (χ0) is 47.3. The molecular weight excluding hydrogens is 707 g/mol. The van der Waals surface area contributed by atoms with Crippen LogP contribution in [0.15, 0.2) is 74.0 Å². The molecule has 6 heteroatoms. The molecule has 6 nitrogen and oxygen atoms in total. The largest absolute Gasteiger partial charge is 0.513 e. The van der Waals surface area contributed by atoms with Crippen molar-refractivity contribution in [2.24, 2.45) is 39.4 Å². The Bertz CT molecular complexity index is 1110. The molecule has 0 heterocycles. The number of hydrogen-bond acceptors (Lipinski definition) is 6. The van der Waals surface area contributed by atoms with Crippen LogP contribution >= 0.6 is 0 Å². The highest BCUT2D eigenvalue weighted by Crippen LogP contribution is 2.32. The number of allylic oxidation sites excluding steroid dienone is 6. The Morgan fingerprint density at radius 1 is 0.544 bits per heavy atom. The fourth-order valence-corrected chi connectivity index (χ4v) is 2.95. The normalized spacial score (nSPS) is 12.2. The molecule has 0 aromatic heterocycles. The third-order valence-electron chi connectivity index (χ3n) is 10.8. The molecule has 0 spiro atoms. The minimum atomic E-state index is -0.122. The fourth-order valence-electron chi connectivity index (χ4n) is 2.95. The SMILES string of the molecule is C=C(C(C)CC)N(C)C.C=C(O)C(C)(C)CC.C=C(O)C(C)CC.C=C(OC(C)(C)C)C(C)(C)CC.C=C(OC)C(C)(C)CC.C=C(OCC(C)C)C(C)(C)CC. The maximum Gasteiger partial charge on any atom is 0.100 e. The van der Waals surface area contributed by atoms with E-state index in [1.165, 1.54) is 12.1 Å². The Hall–Kier alpha value is -2.76. The minimum Gasteiger partial charge on any atom is -0.513 e. The van der Waals surface area contributed by atoms with Crippen molar-refractivity contribution in [1.29, 1.82) is 0 Å². The molecule has 342 valence electrons. The molecule has 0 aromatic rings. The lowest BCUT2D eigenvalue weighted by Gasteiger charge is -2.31. The number of hydrogen-bond donors (Lipinski definition) is 2. The number of rotatable bonds is 18. The molecule has 0 fully saturated rings. The first-order valence-corrected chi connectivity index (χ1v) is 21.5. The van der Waals surface area contributed by atoms with Crippen LogP contribution < -0.4 is 0 Å². The second-order valence-corrected chi connectivity index (χ2v) is 19.3. The van der Waals surface area contributed by atoms with Gasteiger partial charge in [-0.2, -0.15) is 0 Å². The maximum absolute atomic E-state index is 8.89. The maximum atomic E-state index is 8.89. The summed E-state index contributed by atoms with van der Waals surface area (Å²) in [5, 5.41) is 17.5. The van der Waals surface area contributed by atoms with E-state index in [1.807, 2.05) is 69.5 Å². The van der Waals surface area contributed by atoms with E-state index < -0.39 is 0 Å². The summed E-state index contributed by atoms with van der Waals surface area (Å²) in [6, 6.07) is 0. The molecule has 0 bridgehead atoms. The van der Waals surface area contributed by atoms with E-state index in [1.54, 1.807) is 7.11 Å². The van der Waals surface area contributed by atoms with Gasteiger partial charge in [0.25, 0.3) is 0 Å². The van der Waals surface area contributed by atoms with Gasteiger partial charge in [-0.1, -0.05) is 164 Å². The van der Waals surface area contributed by atoms with Gasteiger partial charge in [0.1, 0.15) is 5.60 Å². The van der Waals surface area contributed by atoms with E-state index in [2.05, 4.69) is 134 Å². The first-order chi connectivity index (χ1) is 25.4. The standard InChI is InChI=1S/2C11H22O.C8H17N.C8H16O.C7H14O.C6H12O/c1-8-11(6,7)9(2)12-10(3,4)5;1-7-11(5,6)10(4)12-8-9(2)3;1-6-7(2)8(3)9(4)5;1-6-8(3,4)7(2)9-5;1-5-7(3,4)6(2)8;1-4-5(2)6(3)7/h2,8H2,1,3-7H3;9H,4,7-8H2,1-3,5-6H3;7H,3,6H2,1-2,4-5H3;2,6H2,1,3-5H3;8H,2,5H2,1,3-4H3;5,7H,3-4H2,1-2H3. The monoisotopic (exact) mass is 810 g/mol. The van der Waals surface area contributed by atoms with Gasteiger partial charge in [-0.25, -0.2) is 0 Å². The lowest BCUT2D eigenvalue weighted by Crippen LogP contribution is -2.25. The lowest BCUT2D eigenvalue weighted by atomic mass is 9.88. The van der Waals surface area contributed by atoms with E-state index in [0.717, 1.165) is 56.0 Å². The van der Waals surface area contributed by atoms with Crippen LogP contribution in [0.2, 0.25) is 0 Å². The zero-order valence-electron chi connectivity index (χ0n) is 43.0. The molecule has 0 aliphatic carbocycles. The molecule has 0 aromatic carbocycles. The average molecular weight is 810 g/mol. The van der Waals surface area contributed by atoms with E-state index in [4.69, 9.17) is 24.4 Å². The van der Waals surface area contributed by atoms with Crippen molar-refractivity contribution in [2.75, 3.05) is 27.8 Å². The number of aliphatic hydroxyl groups excluding tert-OH is 2. The molecule has 0 amide bonds. The van der Waals surface area contributed by atoms with Gasteiger partial charge in [0.2, 0.25) is 0 Å². The summed E-state index contributed by atoms with van der Waals surface area (Å²) < 4.78 is 16.3. The molecule has 0 aliphatic heterocycles. The predicted octanol–water partition coefficient (Wildman–Crippen LogP) is 16.6. The molecule has 0 aliphatic rings. The Morgan fingerprint density at radius 3 is 1.04 bits per heavy atom. The average Bonchev–Trinajstić information content (AvgIpc) is 3.12. The third-order valence-corrected chi connectivity index (χ3v) is 10.8. The summed E-state index contributed by atoms with van der Waals surface area (Å²) in [5.74, 6) is 4.71. The molecule has 57 heavy (non-hydrogen) atoms. The van der Waals surface area contributed by atoms with Crippen molar-refractivity contribution in [2.45, 2.75) is 190 Å². The summed E-state index contributed by atoms with van der Waals surface area (Å²) in [5.41, 5.74) is 1.35. The molecule has 0 saturated heterocycles. The predicted molar refractivity (Wildman–Crippen MR) is 258 cm³/mol. The third kappa shape index (κ3) is 37.3. The van der Waals surface area contributed by atoms with Crippen LogP contribution in [-0.4, -0.2) is 48.5 Å². The minimum absolute atomic E-state index is 0.0906. The van der Waals surface area contributed by atoms with Gasteiger partial charge in [0.15, 0.2) is 0 Å². The lowest BCUT2D eigenvalue weighted by molar-refractivity contribution is 0.0180. The zero-order valence-corrected chi connectivity index (χ0v) is 43.0. The molecule has 2 atom stereocenters. The van der Waals surface area contributed by atoms with Gasteiger partial charge >= 0.3 is 0 Å². The highest BCUT2D eigenvalue weighted by molar-refractivity contribution is 5.00. The summed E-state index contributed by atoms with van der Waals surface area (Å²) in [6.07, 6.45) is 6.28. The van der Waals surface area contributed by atoms with E-state index in [0.29, 0.717) is 17.6 Å². The second-order valence-electron chi connectivity index (χ2n) is 19.3. The topological polar surface area (TPSA) is 71.4 Å². The van der Waals surface area contributed by atoms with Crippen molar-refractivity contribution in [3.05, 3.63) is 74.0 Å².